The molecule has 0 saturated heterocycles. The zero-order chi connectivity index (χ0) is 19.4. The number of hydrogen-bond acceptors (Lipinski definition) is 4. The molecule has 4 heteroatoms. The Morgan fingerprint density at radius 3 is 2.44 bits per heavy atom. The minimum atomic E-state index is -0.658. The normalized spacial score (nSPS) is 19.6. The third-order valence-electron chi connectivity index (χ3n) is 5.30. The molecular formula is C23H27NO3. The second-order valence-corrected chi connectivity index (χ2v) is 7.27. The highest BCUT2D eigenvalue weighted by Gasteiger charge is 2.35. The maximum Gasteiger partial charge on any atom is 0.338 e. The van der Waals surface area contributed by atoms with E-state index in [1.54, 1.807) is 12.1 Å². The molecule has 4 nitrogen and oxygen atoms in total. The fraction of sp³-hybridized carbons (Fsp3) is 0.391. The number of ether oxygens (including phenoxy) is 1. The number of esters is 1. The smallest absolute Gasteiger partial charge is 0.338 e. The van der Waals surface area contributed by atoms with E-state index in [9.17, 15) is 9.59 Å². The molecule has 2 aromatic carbocycles. The van der Waals surface area contributed by atoms with Gasteiger partial charge in [-0.3, -0.25) is 4.79 Å². The molecule has 0 aliphatic heterocycles. The molecule has 27 heavy (non-hydrogen) atoms. The fourth-order valence-electron chi connectivity index (χ4n) is 3.73. The SMILES string of the molecule is CCc1ccccc1C1CCC[C@@H](OC(=O)c2ccc(N(C)C)cc2)C1=O. The molecule has 0 N–H and O–H groups in total. The standard InChI is InChI=1S/C23H27NO3/c1-4-16-8-5-6-9-19(16)20-10-7-11-21(22(20)25)27-23(26)17-12-14-18(15-13-17)24(2)3/h5-6,8-9,12-15,20-21H,4,7,10-11H2,1-3H3/t20?,21-/m1/s1. The van der Waals surface area contributed by atoms with Crippen LogP contribution in [0.4, 0.5) is 5.69 Å². The van der Waals surface area contributed by atoms with Crippen LogP contribution in [0.15, 0.2) is 48.5 Å². The summed E-state index contributed by atoms with van der Waals surface area (Å²) in [6.07, 6.45) is 2.54. The molecule has 0 amide bonds. The molecule has 3 rings (SSSR count). The van der Waals surface area contributed by atoms with Gasteiger partial charge in [0, 0.05) is 25.7 Å². The summed E-state index contributed by atoms with van der Waals surface area (Å²) in [4.78, 5) is 27.5. The van der Waals surface area contributed by atoms with Crippen LogP contribution in [-0.2, 0) is 16.0 Å². The number of carbonyl (C=O) groups excluding carboxylic acids is 2. The molecule has 2 aromatic rings. The van der Waals surface area contributed by atoms with Crippen molar-refractivity contribution >= 4 is 17.4 Å². The third kappa shape index (κ3) is 4.21. The molecule has 0 radical (unpaired) electrons. The highest BCUT2D eigenvalue weighted by atomic mass is 16.5. The third-order valence-corrected chi connectivity index (χ3v) is 5.30. The van der Waals surface area contributed by atoms with Gasteiger partial charge in [-0.15, -0.1) is 0 Å². The Kier molecular flexibility index (Phi) is 5.94. The minimum absolute atomic E-state index is 0.0282. The van der Waals surface area contributed by atoms with E-state index in [1.165, 1.54) is 5.56 Å². The van der Waals surface area contributed by atoms with Gasteiger partial charge in [0.1, 0.15) is 0 Å². The number of benzene rings is 2. The number of hydrogen-bond donors (Lipinski definition) is 0. The van der Waals surface area contributed by atoms with Crippen molar-refractivity contribution in [3.8, 4) is 0 Å². The van der Waals surface area contributed by atoms with Crippen LogP contribution in [0, 0.1) is 0 Å². The monoisotopic (exact) mass is 365 g/mol. The van der Waals surface area contributed by atoms with Gasteiger partial charge in [-0.05, 0) is 61.1 Å². The predicted molar refractivity (Wildman–Crippen MR) is 107 cm³/mol. The van der Waals surface area contributed by atoms with Gasteiger partial charge in [0.25, 0.3) is 0 Å². The average molecular weight is 365 g/mol. The summed E-state index contributed by atoms with van der Waals surface area (Å²) in [5, 5.41) is 0. The number of aryl methyl sites for hydroxylation is 1. The lowest BCUT2D eigenvalue weighted by molar-refractivity contribution is -0.131. The number of ketones is 1. The van der Waals surface area contributed by atoms with Crippen molar-refractivity contribution in [3.63, 3.8) is 0 Å². The Bertz CT molecular complexity index is 811. The Balaban J connectivity index is 1.73. The van der Waals surface area contributed by atoms with E-state index in [0.29, 0.717) is 12.0 Å². The quantitative estimate of drug-likeness (QED) is 0.738. The van der Waals surface area contributed by atoms with Gasteiger partial charge in [-0.2, -0.15) is 0 Å². The average Bonchev–Trinajstić information content (AvgIpc) is 2.69. The molecule has 1 saturated carbocycles. The Morgan fingerprint density at radius 1 is 1.07 bits per heavy atom. The van der Waals surface area contributed by atoms with E-state index in [2.05, 4.69) is 13.0 Å². The summed E-state index contributed by atoms with van der Waals surface area (Å²) < 4.78 is 5.61. The van der Waals surface area contributed by atoms with Crippen LogP contribution in [0.5, 0.6) is 0 Å². The summed E-state index contributed by atoms with van der Waals surface area (Å²) in [6, 6.07) is 15.3. The summed E-state index contributed by atoms with van der Waals surface area (Å²) in [5.41, 5.74) is 3.77. The number of Topliss-reactive ketones (excluding diaryl/α,β-unsaturated/α-hetero) is 1. The maximum absolute atomic E-state index is 13.0. The van der Waals surface area contributed by atoms with Gasteiger partial charge in [-0.25, -0.2) is 4.79 Å². The van der Waals surface area contributed by atoms with Crippen LogP contribution in [0.25, 0.3) is 0 Å². The van der Waals surface area contributed by atoms with Gasteiger partial charge in [0.2, 0.25) is 0 Å². The molecule has 0 heterocycles. The number of anilines is 1. The second-order valence-electron chi connectivity index (χ2n) is 7.27. The van der Waals surface area contributed by atoms with Crippen molar-refractivity contribution in [2.24, 2.45) is 0 Å². The van der Waals surface area contributed by atoms with E-state index < -0.39 is 12.1 Å². The Hall–Kier alpha value is -2.62. The van der Waals surface area contributed by atoms with Gasteiger partial charge < -0.3 is 9.64 Å². The first-order chi connectivity index (χ1) is 13.0. The first-order valence-electron chi connectivity index (χ1n) is 9.61. The Morgan fingerprint density at radius 2 is 1.78 bits per heavy atom. The fourth-order valence-corrected chi connectivity index (χ4v) is 3.73. The minimum Gasteiger partial charge on any atom is -0.451 e. The molecule has 1 aliphatic rings. The molecule has 2 atom stereocenters. The van der Waals surface area contributed by atoms with E-state index in [-0.39, 0.29) is 11.7 Å². The summed E-state index contributed by atoms with van der Waals surface area (Å²) in [6.45, 7) is 2.10. The molecule has 142 valence electrons. The van der Waals surface area contributed by atoms with Crippen molar-refractivity contribution in [1.29, 1.82) is 0 Å². The van der Waals surface area contributed by atoms with E-state index in [0.717, 1.165) is 30.5 Å². The lowest BCUT2D eigenvalue weighted by atomic mass is 9.79. The van der Waals surface area contributed by atoms with Crippen LogP contribution in [0.2, 0.25) is 0 Å². The molecule has 1 unspecified atom stereocenters. The van der Waals surface area contributed by atoms with Gasteiger partial charge >= 0.3 is 5.97 Å². The Labute approximate surface area is 161 Å². The maximum atomic E-state index is 13.0. The lowest BCUT2D eigenvalue weighted by Crippen LogP contribution is -2.35. The van der Waals surface area contributed by atoms with Crippen molar-refractivity contribution in [2.45, 2.75) is 44.6 Å². The number of nitrogens with zero attached hydrogens (tertiary/aromatic N) is 1. The van der Waals surface area contributed by atoms with E-state index >= 15 is 0 Å². The molecule has 0 spiro atoms. The molecule has 0 aromatic heterocycles. The lowest BCUT2D eigenvalue weighted by Gasteiger charge is -2.29. The second kappa shape index (κ2) is 8.38. The zero-order valence-corrected chi connectivity index (χ0v) is 16.3. The first-order valence-corrected chi connectivity index (χ1v) is 9.61. The van der Waals surface area contributed by atoms with Crippen LogP contribution in [0.3, 0.4) is 0 Å². The van der Waals surface area contributed by atoms with Crippen molar-refractivity contribution in [1.82, 2.24) is 0 Å². The summed E-state index contributed by atoms with van der Waals surface area (Å²) >= 11 is 0. The van der Waals surface area contributed by atoms with Gasteiger partial charge in [0.15, 0.2) is 11.9 Å². The van der Waals surface area contributed by atoms with Crippen LogP contribution in [-0.4, -0.2) is 32.0 Å². The first kappa shape index (κ1) is 19.2. The van der Waals surface area contributed by atoms with Crippen molar-refractivity contribution in [3.05, 3.63) is 65.2 Å². The van der Waals surface area contributed by atoms with Crippen molar-refractivity contribution in [2.75, 3.05) is 19.0 Å². The molecule has 1 fully saturated rings. The number of carbonyl (C=O) groups is 2. The van der Waals surface area contributed by atoms with Crippen molar-refractivity contribution < 1.29 is 14.3 Å². The van der Waals surface area contributed by atoms with Crippen LogP contribution >= 0.6 is 0 Å². The van der Waals surface area contributed by atoms with Gasteiger partial charge in [0.05, 0.1) is 5.56 Å². The van der Waals surface area contributed by atoms with Gasteiger partial charge in [-0.1, -0.05) is 31.2 Å². The zero-order valence-electron chi connectivity index (χ0n) is 16.3. The molecule has 1 aliphatic carbocycles. The predicted octanol–water partition coefficient (Wildman–Crippen LogP) is 4.38. The number of rotatable bonds is 5. The van der Waals surface area contributed by atoms with Crippen LogP contribution in [0.1, 0.15) is 53.6 Å². The van der Waals surface area contributed by atoms with E-state index in [4.69, 9.17) is 4.74 Å². The topological polar surface area (TPSA) is 46.6 Å². The highest BCUT2D eigenvalue weighted by Crippen LogP contribution is 2.33. The van der Waals surface area contributed by atoms with Crippen LogP contribution < -0.4 is 4.90 Å². The molecular weight excluding hydrogens is 338 g/mol. The largest absolute Gasteiger partial charge is 0.451 e. The molecule has 0 bridgehead atoms. The highest BCUT2D eigenvalue weighted by molar-refractivity contribution is 5.95. The summed E-state index contributed by atoms with van der Waals surface area (Å²) in [7, 11) is 3.89. The summed E-state index contributed by atoms with van der Waals surface area (Å²) in [5.74, 6) is -0.577. The van der Waals surface area contributed by atoms with E-state index in [1.807, 2.05) is 49.3 Å².